The Balaban J connectivity index is 2.44. The van der Waals surface area contributed by atoms with E-state index in [-0.39, 0.29) is 26.1 Å². The third kappa shape index (κ3) is 24.7. The average Bonchev–Trinajstić information content (AvgIpc) is 3.13. The summed E-state index contributed by atoms with van der Waals surface area (Å²) < 4.78 is 22.0. The minimum Gasteiger partial charge on any atom is -0.462 e. The lowest BCUT2D eigenvalue weighted by molar-refractivity contribution is -0.305. The van der Waals surface area contributed by atoms with Gasteiger partial charge in [0.15, 0.2) is 12.4 Å². The van der Waals surface area contributed by atoms with Crippen molar-refractivity contribution in [3.8, 4) is 0 Å². The number of aliphatic hydroxyl groups is 4. The van der Waals surface area contributed by atoms with Crippen LogP contribution in [0.1, 0.15) is 155 Å². The van der Waals surface area contributed by atoms with Gasteiger partial charge in [-0.15, -0.1) is 0 Å². The lowest BCUT2D eigenvalue weighted by Gasteiger charge is -2.39. The van der Waals surface area contributed by atoms with Gasteiger partial charge < -0.3 is 39.4 Å². The SMILES string of the molecule is CCCCCCCC/C=C/C/C=C/CCC(=O)OC(COC(=O)CCCCC/C=C/CCCCCCCC)CO[C@H]1O[C@@H](CO)[C@@H](O)C(O)C1O. The first kappa shape index (κ1) is 46.9. The van der Waals surface area contributed by atoms with Gasteiger partial charge in [-0.3, -0.25) is 9.59 Å². The van der Waals surface area contributed by atoms with Gasteiger partial charge in [0.2, 0.25) is 0 Å². The fourth-order valence-electron chi connectivity index (χ4n) is 5.76. The number of ether oxygens (including phenoxy) is 4. The number of esters is 2. The summed E-state index contributed by atoms with van der Waals surface area (Å²) in [5.74, 6) is -0.906. The van der Waals surface area contributed by atoms with Gasteiger partial charge in [0.25, 0.3) is 0 Å². The summed E-state index contributed by atoms with van der Waals surface area (Å²) in [4.78, 5) is 25.1. The number of unbranched alkanes of at least 4 members (excludes halogenated alkanes) is 15. The molecule has 0 spiro atoms. The summed E-state index contributed by atoms with van der Waals surface area (Å²) in [6.45, 7) is 3.31. The van der Waals surface area contributed by atoms with Crippen molar-refractivity contribution in [2.45, 2.75) is 192 Å². The zero-order valence-corrected chi connectivity index (χ0v) is 31.8. The van der Waals surface area contributed by atoms with E-state index in [1.165, 1.54) is 77.0 Å². The molecule has 0 saturated carbocycles. The monoisotopic (exact) mass is 725 g/mol. The van der Waals surface area contributed by atoms with Crippen LogP contribution in [-0.4, -0.2) is 89.0 Å². The van der Waals surface area contributed by atoms with Crippen molar-refractivity contribution >= 4 is 11.9 Å². The normalized spacial score (nSPS) is 21.6. The average molecular weight is 725 g/mol. The predicted molar refractivity (Wildman–Crippen MR) is 201 cm³/mol. The highest BCUT2D eigenvalue weighted by molar-refractivity contribution is 5.70. The standard InChI is InChI=1S/C41H72O10/c1-3-5-7-9-11-13-15-17-19-21-23-25-27-29-36(43)48-32-34(33-49-41-40(47)39(46)38(45)35(31-42)51-41)50-37(44)30-28-26-24-22-20-18-16-14-12-10-8-6-4-2/h17-20,24,26,34-35,38-42,45-47H,3-16,21-23,25,27-33H2,1-2H3/b19-17+,20-18+,26-24+/t34?,35-,38+,39?,40?,41-/m0/s1. The number of carbonyl (C=O) groups is 2. The van der Waals surface area contributed by atoms with Crippen LogP contribution in [0.5, 0.6) is 0 Å². The molecule has 0 amide bonds. The number of rotatable bonds is 32. The number of allylic oxidation sites excluding steroid dienone is 6. The van der Waals surface area contributed by atoms with Gasteiger partial charge in [-0.2, -0.15) is 0 Å². The Morgan fingerprint density at radius 2 is 1.14 bits per heavy atom. The van der Waals surface area contributed by atoms with Gasteiger partial charge in [0.05, 0.1) is 13.2 Å². The van der Waals surface area contributed by atoms with Gasteiger partial charge >= 0.3 is 11.9 Å². The molecule has 0 bridgehead atoms. The molecule has 51 heavy (non-hydrogen) atoms. The first-order valence-electron chi connectivity index (χ1n) is 20.1. The molecule has 3 unspecified atom stereocenters. The van der Waals surface area contributed by atoms with Crippen LogP contribution in [0.2, 0.25) is 0 Å². The van der Waals surface area contributed by atoms with Gasteiger partial charge in [-0.05, 0) is 57.8 Å². The van der Waals surface area contributed by atoms with Crippen LogP contribution in [0.4, 0.5) is 0 Å². The molecule has 296 valence electrons. The molecule has 10 nitrogen and oxygen atoms in total. The first-order valence-corrected chi connectivity index (χ1v) is 20.1. The molecule has 0 aromatic rings. The summed E-state index contributed by atoms with van der Waals surface area (Å²) in [6.07, 6.45) is 27.4. The molecule has 10 heteroatoms. The van der Waals surface area contributed by atoms with Crippen LogP contribution < -0.4 is 0 Å². The Kier molecular flexibility index (Phi) is 30.0. The molecule has 0 radical (unpaired) electrons. The van der Waals surface area contributed by atoms with E-state index < -0.39 is 55.4 Å². The van der Waals surface area contributed by atoms with E-state index in [1.807, 2.05) is 12.2 Å². The fraction of sp³-hybridized carbons (Fsp3) is 0.805. The van der Waals surface area contributed by atoms with E-state index in [0.717, 1.165) is 38.5 Å². The predicted octanol–water partition coefficient (Wildman–Crippen LogP) is 7.55. The Hall–Kier alpha value is -2.08. The zero-order chi connectivity index (χ0) is 37.4. The minimum absolute atomic E-state index is 0.121. The molecule has 1 aliphatic rings. The molecule has 4 N–H and O–H groups in total. The van der Waals surface area contributed by atoms with E-state index in [4.69, 9.17) is 18.9 Å². The molecule has 0 aromatic heterocycles. The number of hydrogen-bond acceptors (Lipinski definition) is 10. The van der Waals surface area contributed by atoms with E-state index in [2.05, 4.69) is 38.2 Å². The Bertz CT molecular complexity index is 933. The summed E-state index contributed by atoms with van der Waals surface area (Å²) in [5, 5.41) is 39.9. The highest BCUT2D eigenvalue weighted by Crippen LogP contribution is 2.22. The Labute approximate surface area is 308 Å². The summed E-state index contributed by atoms with van der Waals surface area (Å²) in [5.41, 5.74) is 0. The van der Waals surface area contributed by atoms with E-state index in [0.29, 0.717) is 12.8 Å². The van der Waals surface area contributed by atoms with Crippen molar-refractivity contribution in [1.82, 2.24) is 0 Å². The first-order chi connectivity index (χ1) is 24.8. The third-order valence-corrected chi connectivity index (χ3v) is 9.01. The lowest BCUT2D eigenvalue weighted by Crippen LogP contribution is -2.59. The van der Waals surface area contributed by atoms with Crippen LogP contribution >= 0.6 is 0 Å². The fourth-order valence-corrected chi connectivity index (χ4v) is 5.76. The zero-order valence-electron chi connectivity index (χ0n) is 31.8. The molecule has 1 saturated heterocycles. The number of carbonyl (C=O) groups excluding carboxylic acids is 2. The van der Waals surface area contributed by atoms with E-state index in [1.54, 1.807) is 0 Å². The molecule has 0 aliphatic carbocycles. The van der Waals surface area contributed by atoms with Crippen LogP contribution in [0, 0.1) is 0 Å². The van der Waals surface area contributed by atoms with Crippen molar-refractivity contribution in [3.63, 3.8) is 0 Å². The smallest absolute Gasteiger partial charge is 0.306 e. The van der Waals surface area contributed by atoms with Gasteiger partial charge in [-0.1, -0.05) is 121 Å². The maximum Gasteiger partial charge on any atom is 0.306 e. The molecular formula is C41H72O10. The van der Waals surface area contributed by atoms with Crippen LogP contribution in [0.15, 0.2) is 36.5 Å². The van der Waals surface area contributed by atoms with Crippen molar-refractivity contribution in [2.24, 2.45) is 0 Å². The second-order valence-electron chi connectivity index (χ2n) is 13.7. The summed E-state index contributed by atoms with van der Waals surface area (Å²) in [7, 11) is 0. The van der Waals surface area contributed by atoms with Crippen molar-refractivity contribution in [3.05, 3.63) is 36.5 Å². The second kappa shape index (κ2) is 32.6. The maximum absolute atomic E-state index is 12.7. The molecule has 6 atom stereocenters. The van der Waals surface area contributed by atoms with Crippen molar-refractivity contribution in [2.75, 3.05) is 19.8 Å². The molecule has 1 heterocycles. The van der Waals surface area contributed by atoms with E-state index in [9.17, 15) is 30.0 Å². The van der Waals surface area contributed by atoms with E-state index >= 15 is 0 Å². The molecule has 1 aliphatic heterocycles. The van der Waals surface area contributed by atoms with Gasteiger partial charge in [-0.25, -0.2) is 0 Å². The second-order valence-corrected chi connectivity index (χ2v) is 13.7. The maximum atomic E-state index is 12.7. The van der Waals surface area contributed by atoms with Crippen molar-refractivity contribution < 1.29 is 49.0 Å². The minimum atomic E-state index is -1.60. The molecule has 0 aromatic carbocycles. The summed E-state index contributed by atoms with van der Waals surface area (Å²) >= 11 is 0. The van der Waals surface area contributed by atoms with Crippen LogP contribution in [0.25, 0.3) is 0 Å². The molecule has 1 rings (SSSR count). The molecular weight excluding hydrogens is 652 g/mol. The lowest BCUT2D eigenvalue weighted by atomic mass is 9.99. The van der Waals surface area contributed by atoms with Crippen LogP contribution in [0.3, 0.4) is 0 Å². The van der Waals surface area contributed by atoms with Crippen LogP contribution in [-0.2, 0) is 28.5 Å². The quantitative estimate of drug-likeness (QED) is 0.0311. The number of hydrogen-bond donors (Lipinski definition) is 4. The van der Waals surface area contributed by atoms with Crippen molar-refractivity contribution in [1.29, 1.82) is 0 Å². The third-order valence-electron chi connectivity index (χ3n) is 9.01. The highest BCUT2D eigenvalue weighted by atomic mass is 16.7. The largest absolute Gasteiger partial charge is 0.462 e. The molecule has 1 fully saturated rings. The Morgan fingerprint density at radius 3 is 1.73 bits per heavy atom. The van der Waals surface area contributed by atoms with Gasteiger partial charge in [0, 0.05) is 12.8 Å². The highest BCUT2D eigenvalue weighted by Gasteiger charge is 2.44. The Morgan fingerprint density at radius 1 is 0.608 bits per heavy atom. The van der Waals surface area contributed by atoms with Gasteiger partial charge in [0.1, 0.15) is 31.0 Å². The summed E-state index contributed by atoms with van der Waals surface area (Å²) in [6, 6.07) is 0. The number of aliphatic hydroxyl groups excluding tert-OH is 4. The topological polar surface area (TPSA) is 152 Å².